The van der Waals surface area contributed by atoms with E-state index in [1.54, 1.807) is 16.4 Å². The number of aromatic nitrogens is 6. The second-order valence-electron chi connectivity index (χ2n) is 6.49. The Morgan fingerprint density at radius 3 is 2.75 bits per heavy atom. The van der Waals surface area contributed by atoms with Crippen LogP contribution in [0.1, 0.15) is 23.4 Å². The van der Waals surface area contributed by atoms with E-state index < -0.39 is 0 Å². The average Bonchev–Trinajstić information content (AvgIpc) is 3.36. The molecule has 0 radical (unpaired) electrons. The van der Waals surface area contributed by atoms with Crippen molar-refractivity contribution < 1.29 is 4.52 Å². The van der Waals surface area contributed by atoms with E-state index in [2.05, 4.69) is 57.7 Å². The SMILES string of the molecule is Cc1ccc(-n2nnnc2SCCCc2nc(-c3ccccc3)no2)c(C)c1. The zero-order chi connectivity index (χ0) is 19.3. The molecule has 2 aromatic heterocycles. The van der Waals surface area contributed by atoms with Gasteiger partial charge in [0.1, 0.15) is 0 Å². The summed E-state index contributed by atoms with van der Waals surface area (Å²) in [6.45, 7) is 4.14. The van der Waals surface area contributed by atoms with Crippen molar-refractivity contribution >= 4 is 11.8 Å². The normalized spacial score (nSPS) is 11.1. The molecule has 2 aromatic carbocycles. The van der Waals surface area contributed by atoms with Crippen LogP contribution >= 0.6 is 11.8 Å². The molecule has 0 aliphatic carbocycles. The van der Waals surface area contributed by atoms with Gasteiger partial charge < -0.3 is 4.52 Å². The number of hydrogen-bond acceptors (Lipinski definition) is 7. The van der Waals surface area contributed by atoms with Crippen molar-refractivity contribution in [3.63, 3.8) is 0 Å². The molecule has 0 aliphatic heterocycles. The van der Waals surface area contributed by atoms with E-state index in [0.717, 1.165) is 40.6 Å². The maximum Gasteiger partial charge on any atom is 0.226 e. The molecule has 0 saturated carbocycles. The topological polar surface area (TPSA) is 82.5 Å². The lowest BCUT2D eigenvalue weighted by Gasteiger charge is -2.08. The first-order valence-electron chi connectivity index (χ1n) is 9.07. The molecular formula is C20H20N6OS. The molecule has 0 fully saturated rings. The number of tetrazole rings is 1. The van der Waals surface area contributed by atoms with E-state index in [0.29, 0.717) is 11.7 Å². The molecule has 0 unspecified atom stereocenters. The second-order valence-corrected chi connectivity index (χ2v) is 7.56. The Labute approximate surface area is 167 Å². The van der Waals surface area contributed by atoms with Crippen LogP contribution in [0.5, 0.6) is 0 Å². The number of hydrogen-bond donors (Lipinski definition) is 0. The summed E-state index contributed by atoms with van der Waals surface area (Å²) in [6, 6.07) is 16.1. The molecule has 0 N–H and O–H groups in total. The minimum atomic E-state index is 0.627. The van der Waals surface area contributed by atoms with Crippen LogP contribution in [0.2, 0.25) is 0 Å². The van der Waals surface area contributed by atoms with Crippen LogP contribution in [-0.2, 0) is 6.42 Å². The Bertz CT molecular complexity index is 1060. The molecule has 0 saturated heterocycles. The number of benzene rings is 2. The van der Waals surface area contributed by atoms with Gasteiger partial charge in [-0.15, -0.1) is 5.10 Å². The maximum atomic E-state index is 5.36. The highest BCUT2D eigenvalue weighted by molar-refractivity contribution is 7.99. The fraction of sp³-hybridized carbons (Fsp3) is 0.250. The molecule has 8 heteroatoms. The Kier molecular flexibility index (Phi) is 5.48. The average molecular weight is 392 g/mol. The van der Waals surface area contributed by atoms with Gasteiger partial charge >= 0.3 is 0 Å². The summed E-state index contributed by atoms with van der Waals surface area (Å²) in [7, 11) is 0. The molecule has 7 nitrogen and oxygen atoms in total. The van der Waals surface area contributed by atoms with E-state index in [4.69, 9.17) is 4.52 Å². The molecule has 0 aliphatic rings. The summed E-state index contributed by atoms with van der Waals surface area (Å²) in [6.07, 6.45) is 1.61. The first-order valence-corrected chi connectivity index (χ1v) is 10.1. The predicted octanol–water partition coefficient (Wildman–Crippen LogP) is 4.05. The van der Waals surface area contributed by atoms with Crippen LogP contribution in [0, 0.1) is 13.8 Å². The summed E-state index contributed by atoms with van der Waals surface area (Å²) in [5.41, 5.74) is 4.33. The monoisotopic (exact) mass is 392 g/mol. The summed E-state index contributed by atoms with van der Waals surface area (Å²) < 4.78 is 7.15. The highest BCUT2D eigenvalue weighted by atomic mass is 32.2. The zero-order valence-electron chi connectivity index (χ0n) is 15.7. The van der Waals surface area contributed by atoms with E-state index in [-0.39, 0.29) is 0 Å². The van der Waals surface area contributed by atoms with Gasteiger partial charge in [0.2, 0.25) is 16.9 Å². The standard InChI is InChI=1S/C20H20N6OS/c1-14-10-11-17(15(2)13-14)26-20(22-24-25-26)28-12-6-9-18-21-19(23-27-18)16-7-4-3-5-8-16/h3-5,7-8,10-11,13H,6,9,12H2,1-2H3. The van der Waals surface area contributed by atoms with Gasteiger partial charge in [0.25, 0.3) is 0 Å². The Morgan fingerprint density at radius 2 is 1.93 bits per heavy atom. The molecule has 142 valence electrons. The number of aryl methyl sites for hydroxylation is 3. The molecule has 0 atom stereocenters. The molecular weight excluding hydrogens is 372 g/mol. The van der Waals surface area contributed by atoms with Crippen molar-refractivity contribution in [1.29, 1.82) is 0 Å². The molecule has 2 heterocycles. The van der Waals surface area contributed by atoms with Gasteiger partial charge in [-0.1, -0.05) is 64.9 Å². The van der Waals surface area contributed by atoms with Crippen molar-refractivity contribution in [2.45, 2.75) is 31.8 Å². The van der Waals surface area contributed by atoms with Gasteiger partial charge in [-0.2, -0.15) is 9.67 Å². The van der Waals surface area contributed by atoms with E-state index in [9.17, 15) is 0 Å². The van der Waals surface area contributed by atoms with Crippen LogP contribution in [-0.4, -0.2) is 36.1 Å². The molecule has 0 amide bonds. The van der Waals surface area contributed by atoms with Crippen LogP contribution < -0.4 is 0 Å². The number of nitrogens with zero attached hydrogens (tertiary/aromatic N) is 6. The summed E-state index contributed by atoms with van der Waals surface area (Å²) >= 11 is 1.62. The van der Waals surface area contributed by atoms with Gasteiger partial charge in [0.15, 0.2) is 0 Å². The van der Waals surface area contributed by atoms with E-state index in [1.165, 1.54) is 5.56 Å². The van der Waals surface area contributed by atoms with Gasteiger partial charge in [-0.05, 0) is 42.3 Å². The lowest BCUT2D eigenvalue weighted by molar-refractivity contribution is 0.378. The third-order valence-corrected chi connectivity index (χ3v) is 5.29. The lowest BCUT2D eigenvalue weighted by Crippen LogP contribution is -2.02. The van der Waals surface area contributed by atoms with Gasteiger partial charge in [-0.3, -0.25) is 0 Å². The second kappa shape index (κ2) is 8.35. The molecule has 28 heavy (non-hydrogen) atoms. The molecule has 4 aromatic rings. The van der Waals surface area contributed by atoms with Crippen molar-refractivity contribution in [2.24, 2.45) is 0 Å². The summed E-state index contributed by atoms with van der Waals surface area (Å²) in [5, 5.41) is 17.0. The Balaban J connectivity index is 1.34. The van der Waals surface area contributed by atoms with E-state index in [1.807, 2.05) is 30.3 Å². The fourth-order valence-electron chi connectivity index (χ4n) is 2.91. The molecule has 0 spiro atoms. The maximum absolute atomic E-state index is 5.36. The first kappa shape index (κ1) is 18.4. The predicted molar refractivity (Wildman–Crippen MR) is 107 cm³/mol. The van der Waals surface area contributed by atoms with Crippen LogP contribution in [0.3, 0.4) is 0 Å². The highest BCUT2D eigenvalue weighted by Gasteiger charge is 2.12. The summed E-state index contributed by atoms with van der Waals surface area (Å²) in [5.74, 6) is 2.13. The van der Waals surface area contributed by atoms with Crippen LogP contribution in [0.25, 0.3) is 17.1 Å². The minimum absolute atomic E-state index is 0.627. The highest BCUT2D eigenvalue weighted by Crippen LogP contribution is 2.22. The number of thioether (sulfide) groups is 1. The number of rotatable bonds is 7. The Morgan fingerprint density at radius 1 is 1.07 bits per heavy atom. The van der Waals surface area contributed by atoms with Crippen LogP contribution in [0.4, 0.5) is 0 Å². The molecule has 0 bridgehead atoms. The van der Waals surface area contributed by atoms with E-state index >= 15 is 0 Å². The quantitative estimate of drug-likeness (QED) is 0.346. The van der Waals surface area contributed by atoms with Gasteiger partial charge in [-0.25, -0.2) is 0 Å². The first-order chi connectivity index (χ1) is 13.7. The van der Waals surface area contributed by atoms with Crippen LogP contribution in [0.15, 0.2) is 58.2 Å². The van der Waals surface area contributed by atoms with Gasteiger partial charge in [0.05, 0.1) is 5.69 Å². The zero-order valence-corrected chi connectivity index (χ0v) is 16.6. The van der Waals surface area contributed by atoms with Crippen molar-refractivity contribution in [3.05, 3.63) is 65.5 Å². The molecule has 4 rings (SSSR count). The van der Waals surface area contributed by atoms with Crippen molar-refractivity contribution in [1.82, 2.24) is 30.3 Å². The minimum Gasteiger partial charge on any atom is -0.339 e. The third-order valence-electron chi connectivity index (χ3n) is 4.29. The smallest absolute Gasteiger partial charge is 0.226 e. The van der Waals surface area contributed by atoms with Crippen molar-refractivity contribution in [3.8, 4) is 17.1 Å². The summed E-state index contributed by atoms with van der Waals surface area (Å²) in [4.78, 5) is 4.47. The third kappa shape index (κ3) is 4.12. The van der Waals surface area contributed by atoms with Gasteiger partial charge in [0, 0.05) is 17.7 Å². The Hall–Kier alpha value is -3.00. The fourth-order valence-corrected chi connectivity index (χ4v) is 3.73. The van der Waals surface area contributed by atoms with Crippen molar-refractivity contribution in [2.75, 3.05) is 5.75 Å². The lowest BCUT2D eigenvalue weighted by atomic mass is 10.1. The largest absolute Gasteiger partial charge is 0.339 e.